The number of para-hydroxylation sites is 1. The number of aryl methyl sites for hydroxylation is 1. The highest BCUT2D eigenvalue weighted by molar-refractivity contribution is 5.96. The summed E-state index contributed by atoms with van der Waals surface area (Å²) in [5.74, 6) is 2.03. The van der Waals surface area contributed by atoms with Crippen molar-refractivity contribution in [2.75, 3.05) is 20.3 Å². The molecule has 0 aliphatic heterocycles. The maximum Gasteiger partial charge on any atom is 0.163 e. The Morgan fingerprint density at radius 2 is 1.73 bits per heavy atom. The first kappa shape index (κ1) is 17.7. The van der Waals surface area contributed by atoms with Crippen LogP contribution in [0.3, 0.4) is 0 Å². The average Bonchev–Trinajstić information content (AvgIpc) is 2.64. The molecule has 1 aromatic heterocycles. The molecule has 0 fully saturated rings. The van der Waals surface area contributed by atoms with Crippen LogP contribution in [0.5, 0.6) is 17.2 Å². The van der Waals surface area contributed by atoms with Gasteiger partial charge in [0.1, 0.15) is 30.5 Å². The maximum atomic E-state index is 11.6. The Hall–Kier alpha value is -3.08. The van der Waals surface area contributed by atoms with E-state index in [9.17, 15) is 4.79 Å². The van der Waals surface area contributed by atoms with E-state index in [1.54, 1.807) is 19.2 Å². The zero-order valence-electron chi connectivity index (χ0n) is 15.1. The van der Waals surface area contributed by atoms with E-state index in [1.807, 2.05) is 43.3 Å². The normalized spacial score (nSPS) is 10.6. The lowest BCUT2D eigenvalue weighted by atomic mass is 10.1. The van der Waals surface area contributed by atoms with Gasteiger partial charge in [-0.1, -0.05) is 12.1 Å². The van der Waals surface area contributed by atoms with Crippen molar-refractivity contribution in [2.24, 2.45) is 0 Å². The van der Waals surface area contributed by atoms with Gasteiger partial charge in [0.05, 0.1) is 18.2 Å². The molecular formula is C21H21NO4. The first-order chi connectivity index (χ1) is 12.6. The van der Waals surface area contributed by atoms with Crippen molar-refractivity contribution in [3.8, 4) is 17.2 Å². The van der Waals surface area contributed by atoms with Gasteiger partial charge in [-0.25, -0.2) is 0 Å². The van der Waals surface area contributed by atoms with Gasteiger partial charge in [0.25, 0.3) is 0 Å². The second-order valence-corrected chi connectivity index (χ2v) is 5.89. The molecule has 0 saturated heterocycles. The van der Waals surface area contributed by atoms with Crippen LogP contribution in [0, 0.1) is 6.92 Å². The van der Waals surface area contributed by atoms with Crippen molar-refractivity contribution in [3.63, 3.8) is 0 Å². The van der Waals surface area contributed by atoms with E-state index in [2.05, 4.69) is 4.98 Å². The van der Waals surface area contributed by atoms with Crippen LogP contribution < -0.4 is 14.2 Å². The van der Waals surface area contributed by atoms with Crippen LogP contribution in [-0.4, -0.2) is 31.1 Å². The van der Waals surface area contributed by atoms with Crippen LogP contribution in [0.4, 0.5) is 0 Å². The third-order valence-corrected chi connectivity index (χ3v) is 3.97. The monoisotopic (exact) mass is 351 g/mol. The number of ketones is 1. The fourth-order valence-corrected chi connectivity index (χ4v) is 2.73. The molecule has 0 aliphatic carbocycles. The highest BCUT2D eigenvalue weighted by Gasteiger charge is 2.09. The molecule has 0 spiro atoms. The molecule has 134 valence electrons. The van der Waals surface area contributed by atoms with Crippen LogP contribution in [0.1, 0.15) is 23.0 Å². The number of pyridine rings is 1. The Balaban J connectivity index is 1.71. The Morgan fingerprint density at radius 1 is 1.00 bits per heavy atom. The number of methoxy groups -OCH3 is 1. The summed E-state index contributed by atoms with van der Waals surface area (Å²) in [5, 5.41) is 0.888. The summed E-state index contributed by atoms with van der Waals surface area (Å²) >= 11 is 0. The van der Waals surface area contributed by atoms with Crippen molar-refractivity contribution in [1.82, 2.24) is 4.98 Å². The number of nitrogens with zero attached hydrogens (tertiary/aromatic N) is 1. The van der Waals surface area contributed by atoms with E-state index < -0.39 is 0 Å². The third kappa shape index (κ3) is 3.94. The Morgan fingerprint density at radius 3 is 2.46 bits per heavy atom. The van der Waals surface area contributed by atoms with E-state index in [0.717, 1.165) is 28.1 Å². The van der Waals surface area contributed by atoms with Gasteiger partial charge in [0, 0.05) is 17.1 Å². The highest BCUT2D eigenvalue weighted by Crippen LogP contribution is 2.29. The second kappa shape index (κ2) is 7.87. The molecule has 0 saturated carbocycles. The van der Waals surface area contributed by atoms with Gasteiger partial charge < -0.3 is 14.2 Å². The highest BCUT2D eigenvalue weighted by atomic mass is 16.5. The molecule has 0 bridgehead atoms. The molecule has 5 heteroatoms. The molecule has 0 amide bonds. The molecule has 0 unspecified atom stereocenters. The molecular weight excluding hydrogens is 330 g/mol. The number of ether oxygens (including phenoxy) is 3. The van der Waals surface area contributed by atoms with Crippen molar-refractivity contribution >= 4 is 16.7 Å². The number of hydrogen-bond donors (Lipinski definition) is 0. The van der Waals surface area contributed by atoms with Crippen molar-refractivity contribution in [3.05, 3.63) is 59.8 Å². The zero-order chi connectivity index (χ0) is 18.5. The van der Waals surface area contributed by atoms with Crippen molar-refractivity contribution in [2.45, 2.75) is 13.8 Å². The van der Waals surface area contributed by atoms with Crippen LogP contribution in [0.2, 0.25) is 0 Å². The van der Waals surface area contributed by atoms with Crippen LogP contribution in [0.25, 0.3) is 10.9 Å². The van der Waals surface area contributed by atoms with E-state index in [0.29, 0.717) is 24.5 Å². The standard InChI is InChI=1S/C21H21NO4/c1-14-12-21(18-13-16(24-3)8-9-19(18)22-14)26-11-10-25-20-7-5-4-6-17(20)15(2)23/h4-9,12-13H,10-11H2,1-3H3. The van der Waals surface area contributed by atoms with E-state index in [1.165, 1.54) is 6.92 Å². The number of hydrogen-bond acceptors (Lipinski definition) is 5. The summed E-state index contributed by atoms with van der Waals surface area (Å²) in [7, 11) is 1.63. The summed E-state index contributed by atoms with van der Waals surface area (Å²) in [6, 6.07) is 14.8. The molecule has 5 nitrogen and oxygen atoms in total. The summed E-state index contributed by atoms with van der Waals surface area (Å²) in [5.41, 5.74) is 2.30. The van der Waals surface area contributed by atoms with Gasteiger partial charge in [-0.15, -0.1) is 0 Å². The van der Waals surface area contributed by atoms with Crippen LogP contribution in [0.15, 0.2) is 48.5 Å². The van der Waals surface area contributed by atoms with Gasteiger partial charge in [-0.05, 0) is 44.2 Å². The zero-order valence-corrected chi connectivity index (χ0v) is 15.1. The lowest BCUT2D eigenvalue weighted by molar-refractivity contribution is 0.101. The Bertz CT molecular complexity index is 936. The average molecular weight is 351 g/mol. The number of aromatic nitrogens is 1. The first-order valence-corrected chi connectivity index (χ1v) is 8.39. The van der Waals surface area contributed by atoms with Crippen LogP contribution >= 0.6 is 0 Å². The summed E-state index contributed by atoms with van der Waals surface area (Å²) in [6.45, 7) is 4.13. The maximum absolute atomic E-state index is 11.6. The number of rotatable bonds is 7. The molecule has 0 atom stereocenters. The number of fused-ring (bicyclic) bond motifs is 1. The fraction of sp³-hybridized carbons (Fsp3) is 0.238. The molecule has 1 heterocycles. The number of benzene rings is 2. The smallest absolute Gasteiger partial charge is 0.163 e. The number of Topliss-reactive ketones (excluding diaryl/α,β-unsaturated/α-hetero) is 1. The minimum Gasteiger partial charge on any atom is -0.497 e. The molecule has 2 aromatic carbocycles. The van der Waals surface area contributed by atoms with Crippen molar-refractivity contribution < 1.29 is 19.0 Å². The Kier molecular flexibility index (Phi) is 5.37. The molecule has 26 heavy (non-hydrogen) atoms. The summed E-state index contributed by atoms with van der Waals surface area (Å²) in [6.07, 6.45) is 0. The predicted octanol–water partition coefficient (Wildman–Crippen LogP) is 4.21. The second-order valence-electron chi connectivity index (χ2n) is 5.89. The molecule has 0 N–H and O–H groups in total. The van der Waals surface area contributed by atoms with E-state index in [4.69, 9.17) is 14.2 Å². The first-order valence-electron chi connectivity index (χ1n) is 8.39. The third-order valence-electron chi connectivity index (χ3n) is 3.97. The SMILES string of the molecule is COc1ccc2nc(C)cc(OCCOc3ccccc3C(C)=O)c2c1. The molecule has 3 rings (SSSR count). The topological polar surface area (TPSA) is 57.6 Å². The van der Waals surface area contributed by atoms with Gasteiger partial charge in [0.2, 0.25) is 0 Å². The minimum atomic E-state index is -0.0237. The molecule has 3 aromatic rings. The fourth-order valence-electron chi connectivity index (χ4n) is 2.73. The minimum absolute atomic E-state index is 0.0237. The van der Waals surface area contributed by atoms with Gasteiger partial charge in [0.15, 0.2) is 5.78 Å². The lowest BCUT2D eigenvalue weighted by Crippen LogP contribution is -2.11. The number of carbonyl (C=O) groups excluding carboxylic acids is 1. The van der Waals surface area contributed by atoms with Gasteiger partial charge >= 0.3 is 0 Å². The van der Waals surface area contributed by atoms with Gasteiger partial charge in [-0.2, -0.15) is 0 Å². The summed E-state index contributed by atoms with van der Waals surface area (Å²) in [4.78, 5) is 16.1. The molecule has 0 aliphatic rings. The van der Waals surface area contributed by atoms with Crippen LogP contribution in [-0.2, 0) is 0 Å². The Labute approximate surface area is 152 Å². The lowest BCUT2D eigenvalue weighted by Gasteiger charge is -2.13. The van der Waals surface area contributed by atoms with E-state index >= 15 is 0 Å². The largest absolute Gasteiger partial charge is 0.497 e. The van der Waals surface area contributed by atoms with Gasteiger partial charge in [-0.3, -0.25) is 9.78 Å². The number of carbonyl (C=O) groups is 1. The summed E-state index contributed by atoms with van der Waals surface area (Å²) < 4.78 is 16.9. The van der Waals surface area contributed by atoms with E-state index in [-0.39, 0.29) is 5.78 Å². The van der Waals surface area contributed by atoms with Crippen molar-refractivity contribution in [1.29, 1.82) is 0 Å². The molecule has 0 radical (unpaired) electrons. The quantitative estimate of drug-likeness (QED) is 0.471. The predicted molar refractivity (Wildman–Crippen MR) is 100 cm³/mol.